The predicted molar refractivity (Wildman–Crippen MR) is 77.0 cm³/mol. The Balaban J connectivity index is 1.64. The molecule has 98 valence electrons. The summed E-state index contributed by atoms with van der Waals surface area (Å²) in [6.07, 6.45) is 6.83. The number of rotatable bonds is 2. The summed E-state index contributed by atoms with van der Waals surface area (Å²) in [5.41, 5.74) is 0.107. The molecule has 2 fully saturated rings. The lowest BCUT2D eigenvalue weighted by molar-refractivity contribution is -0.0628. The van der Waals surface area contributed by atoms with Crippen LogP contribution in [-0.4, -0.2) is 39.7 Å². The molecule has 0 amide bonds. The number of ether oxygens (including phenoxy) is 1. The zero-order valence-corrected chi connectivity index (χ0v) is 12.5. The SMILES string of the molecule is Brc1cnc(NC2CCOC3(CCSC3)C2)nc1. The predicted octanol–water partition coefficient (Wildman–Crippen LogP) is 2.71. The highest BCUT2D eigenvalue weighted by Crippen LogP contribution is 2.38. The van der Waals surface area contributed by atoms with E-state index in [0.717, 1.165) is 29.7 Å². The van der Waals surface area contributed by atoms with Crippen molar-refractivity contribution in [1.82, 2.24) is 9.97 Å². The van der Waals surface area contributed by atoms with Gasteiger partial charge >= 0.3 is 0 Å². The normalized spacial score (nSPS) is 31.7. The molecule has 0 saturated carbocycles. The lowest BCUT2D eigenvalue weighted by Gasteiger charge is -2.37. The third-order valence-corrected chi connectivity index (χ3v) is 5.15. The Bertz CT molecular complexity index is 408. The van der Waals surface area contributed by atoms with E-state index < -0.39 is 0 Å². The van der Waals surface area contributed by atoms with Gasteiger partial charge < -0.3 is 10.1 Å². The fraction of sp³-hybridized carbons (Fsp3) is 0.667. The van der Waals surface area contributed by atoms with Crippen LogP contribution in [0.2, 0.25) is 0 Å². The van der Waals surface area contributed by atoms with Crippen molar-refractivity contribution in [3.63, 3.8) is 0 Å². The second-order valence-electron chi connectivity index (χ2n) is 4.89. The summed E-state index contributed by atoms with van der Waals surface area (Å²) in [7, 11) is 0. The molecule has 2 atom stereocenters. The van der Waals surface area contributed by atoms with Gasteiger partial charge in [-0.3, -0.25) is 0 Å². The summed E-state index contributed by atoms with van der Waals surface area (Å²) in [6.45, 7) is 0.842. The van der Waals surface area contributed by atoms with Gasteiger partial charge in [0.15, 0.2) is 0 Å². The molecule has 1 spiro atoms. The number of halogens is 1. The minimum Gasteiger partial charge on any atom is -0.374 e. The number of thioether (sulfide) groups is 1. The summed E-state index contributed by atoms with van der Waals surface area (Å²) in [5.74, 6) is 3.07. The molecule has 6 heteroatoms. The van der Waals surface area contributed by atoms with Gasteiger partial charge in [-0.2, -0.15) is 11.8 Å². The Morgan fingerprint density at radius 1 is 1.44 bits per heavy atom. The summed E-state index contributed by atoms with van der Waals surface area (Å²) in [6, 6.07) is 0.429. The maximum atomic E-state index is 6.00. The number of nitrogens with zero attached hydrogens (tertiary/aromatic N) is 2. The minimum atomic E-state index is 0.107. The van der Waals surface area contributed by atoms with Gasteiger partial charge in [0.25, 0.3) is 0 Å². The molecule has 2 aliphatic rings. The molecular formula is C12H16BrN3OS. The molecule has 0 radical (unpaired) electrons. The first-order valence-electron chi connectivity index (χ1n) is 6.22. The Hall–Kier alpha value is -0.330. The second-order valence-corrected chi connectivity index (χ2v) is 6.91. The first-order chi connectivity index (χ1) is 8.76. The van der Waals surface area contributed by atoms with Crippen molar-refractivity contribution in [3.05, 3.63) is 16.9 Å². The van der Waals surface area contributed by atoms with E-state index in [0.29, 0.717) is 12.0 Å². The van der Waals surface area contributed by atoms with E-state index in [1.807, 2.05) is 11.8 Å². The number of nitrogens with one attached hydrogen (secondary N) is 1. The summed E-state index contributed by atoms with van der Waals surface area (Å²) < 4.78 is 6.91. The van der Waals surface area contributed by atoms with Crippen LogP contribution in [0.15, 0.2) is 16.9 Å². The number of anilines is 1. The molecule has 2 unspecified atom stereocenters. The lowest BCUT2D eigenvalue weighted by Crippen LogP contribution is -2.44. The van der Waals surface area contributed by atoms with Crippen LogP contribution in [0.5, 0.6) is 0 Å². The molecule has 4 nitrogen and oxygen atoms in total. The van der Waals surface area contributed by atoms with Crippen molar-refractivity contribution in [2.75, 3.05) is 23.4 Å². The van der Waals surface area contributed by atoms with Crippen molar-refractivity contribution < 1.29 is 4.74 Å². The maximum Gasteiger partial charge on any atom is 0.222 e. The highest BCUT2D eigenvalue weighted by molar-refractivity contribution is 9.10. The van der Waals surface area contributed by atoms with Crippen LogP contribution in [0.25, 0.3) is 0 Å². The van der Waals surface area contributed by atoms with Crippen molar-refractivity contribution in [3.8, 4) is 0 Å². The lowest BCUT2D eigenvalue weighted by atomic mass is 9.90. The minimum absolute atomic E-state index is 0.107. The number of aromatic nitrogens is 2. The van der Waals surface area contributed by atoms with Gasteiger partial charge in [0.2, 0.25) is 5.95 Å². The molecule has 1 N–H and O–H groups in total. The molecule has 3 heterocycles. The molecule has 1 aromatic rings. The fourth-order valence-corrected chi connectivity index (χ4v) is 4.17. The summed E-state index contributed by atoms with van der Waals surface area (Å²) >= 11 is 5.34. The van der Waals surface area contributed by atoms with Gasteiger partial charge in [-0.05, 0) is 40.9 Å². The van der Waals surface area contributed by atoms with Crippen molar-refractivity contribution >= 4 is 33.6 Å². The molecule has 1 aromatic heterocycles. The van der Waals surface area contributed by atoms with Crippen LogP contribution < -0.4 is 5.32 Å². The van der Waals surface area contributed by atoms with Gasteiger partial charge in [-0.15, -0.1) is 0 Å². The Labute approximate surface area is 119 Å². The smallest absolute Gasteiger partial charge is 0.222 e. The van der Waals surface area contributed by atoms with Crippen LogP contribution in [-0.2, 0) is 4.74 Å². The third kappa shape index (κ3) is 2.81. The fourth-order valence-electron chi connectivity index (χ4n) is 2.58. The van der Waals surface area contributed by atoms with Crippen molar-refractivity contribution in [1.29, 1.82) is 0 Å². The molecule has 0 aliphatic carbocycles. The first kappa shape index (κ1) is 12.7. The molecule has 2 saturated heterocycles. The maximum absolute atomic E-state index is 6.00. The average molecular weight is 330 g/mol. The third-order valence-electron chi connectivity index (χ3n) is 3.51. The zero-order chi connectivity index (χ0) is 12.4. The standard InChI is InChI=1S/C12H16BrN3OS/c13-9-6-14-11(15-7-9)16-10-1-3-17-12(5-10)2-4-18-8-12/h6-7,10H,1-5,8H2,(H,14,15,16). The molecular weight excluding hydrogens is 314 g/mol. The van der Waals surface area contributed by atoms with E-state index in [1.54, 1.807) is 12.4 Å². The van der Waals surface area contributed by atoms with E-state index >= 15 is 0 Å². The van der Waals surface area contributed by atoms with Crippen molar-refractivity contribution in [2.24, 2.45) is 0 Å². The van der Waals surface area contributed by atoms with E-state index in [2.05, 4.69) is 31.2 Å². The van der Waals surface area contributed by atoms with Gasteiger partial charge in [0, 0.05) is 30.8 Å². The quantitative estimate of drug-likeness (QED) is 0.903. The largest absolute Gasteiger partial charge is 0.374 e. The van der Waals surface area contributed by atoms with E-state index in [1.165, 1.54) is 12.2 Å². The van der Waals surface area contributed by atoms with Crippen LogP contribution in [0.4, 0.5) is 5.95 Å². The topological polar surface area (TPSA) is 47.0 Å². The van der Waals surface area contributed by atoms with E-state index in [4.69, 9.17) is 4.74 Å². The average Bonchev–Trinajstić information content (AvgIpc) is 2.80. The van der Waals surface area contributed by atoms with Gasteiger partial charge in [0.05, 0.1) is 10.1 Å². The Kier molecular flexibility index (Phi) is 3.77. The van der Waals surface area contributed by atoms with Crippen LogP contribution in [0.1, 0.15) is 19.3 Å². The van der Waals surface area contributed by atoms with Crippen LogP contribution in [0, 0.1) is 0 Å². The molecule has 0 aromatic carbocycles. The number of hydrogen-bond donors (Lipinski definition) is 1. The highest BCUT2D eigenvalue weighted by atomic mass is 79.9. The van der Waals surface area contributed by atoms with Crippen LogP contribution in [0.3, 0.4) is 0 Å². The zero-order valence-electron chi connectivity index (χ0n) is 10.1. The van der Waals surface area contributed by atoms with Crippen molar-refractivity contribution in [2.45, 2.75) is 30.9 Å². The second kappa shape index (κ2) is 5.35. The molecule has 0 bridgehead atoms. The Morgan fingerprint density at radius 3 is 3.00 bits per heavy atom. The monoisotopic (exact) mass is 329 g/mol. The van der Waals surface area contributed by atoms with E-state index in [9.17, 15) is 0 Å². The van der Waals surface area contributed by atoms with E-state index in [-0.39, 0.29) is 5.60 Å². The highest BCUT2D eigenvalue weighted by Gasteiger charge is 2.40. The van der Waals surface area contributed by atoms with Gasteiger partial charge in [-0.1, -0.05) is 0 Å². The molecule has 18 heavy (non-hydrogen) atoms. The van der Waals surface area contributed by atoms with Crippen LogP contribution >= 0.6 is 27.7 Å². The summed E-state index contributed by atoms with van der Waals surface area (Å²) in [5, 5.41) is 3.43. The Morgan fingerprint density at radius 2 is 2.28 bits per heavy atom. The molecule has 3 rings (SSSR count). The van der Waals surface area contributed by atoms with Gasteiger partial charge in [0.1, 0.15) is 0 Å². The summed E-state index contributed by atoms with van der Waals surface area (Å²) in [4.78, 5) is 8.54. The molecule has 2 aliphatic heterocycles. The first-order valence-corrected chi connectivity index (χ1v) is 8.16. The van der Waals surface area contributed by atoms with Gasteiger partial charge in [-0.25, -0.2) is 9.97 Å². The number of hydrogen-bond acceptors (Lipinski definition) is 5.